The average molecular weight is 360 g/mol. The van der Waals surface area contributed by atoms with Crippen LogP contribution in [0.2, 0.25) is 0 Å². The number of carbonyl (C=O) groups excluding carboxylic acids is 1. The summed E-state index contributed by atoms with van der Waals surface area (Å²) in [5.74, 6) is 0.836. The maximum Gasteiger partial charge on any atom is 0.224 e. The molecular formula is C15H23Cl2N5O. The summed E-state index contributed by atoms with van der Waals surface area (Å²) in [4.78, 5) is 11.8. The number of hydrogen-bond donors (Lipinski definition) is 2. The van der Waals surface area contributed by atoms with Gasteiger partial charge < -0.3 is 15.2 Å². The van der Waals surface area contributed by atoms with E-state index in [1.165, 1.54) is 0 Å². The lowest BCUT2D eigenvalue weighted by Gasteiger charge is -2.08. The standard InChI is InChI=1S/C15H21N5O.2ClH/c1-3-20-11-17-19-15(20)12-6-4-7-13(10-12)18-14(21)8-5-9-16-2;;/h4,6-7,10-11,16H,3,5,8-9H2,1-2H3,(H,18,21);2*1H. The molecule has 2 rings (SSSR count). The Labute approximate surface area is 148 Å². The second kappa shape index (κ2) is 11.0. The van der Waals surface area contributed by atoms with Gasteiger partial charge in [-0.1, -0.05) is 12.1 Å². The molecule has 6 nitrogen and oxygen atoms in total. The van der Waals surface area contributed by atoms with E-state index in [9.17, 15) is 4.79 Å². The summed E-state index contributed by atoms with van der Waals surface area (Å²) in [6.07, 6.45) is 3.04. The van der Waals surface area contributed by atoms with Crippen LogP contribution in [0.4, 0.5) is 5.69 Å². The van der Waals surface area contributed by atoms with Gasteiger partial charge in [-0.25, -0.2) is 0 Å². The predicted octanol–water partition coefficient (Wildman–Crippen LogP) is 2.75. The molecule has 0 spiro atoms. The summed E-state index contributed by atoms with van der Waals surface area (Å²) < 4.78 is 1.97. The van der Waals surface area contributed by atoms with E-state index in [0.29, 0.717) is 6.42 Å². The first-order valence-corrected chi connectivity index (χ1v) is 7.17. The van der Waals surface area contributed by atoms with Crippen molar-refractivity contribution in [1.29, 1.82) is 0 Å². The van der Waals surface area contributed by atoms with Gasteiger partial charge in [0.05, 0.1) is 0 Å². The molecule has 23 heavy (non-hydrogen) atoms. The van der Waals surface area contributed by atoms with Gasteiger partial charge in [-0.15, -0.1) is 35.0 Å². The van der Waals surface area contributed by atoms with E-state index in [1.54, 1.807) is 6.33 Å². The molecule has 2 aromatic rings. The highest BCUT2D eigenvalue weighted by atomic mass is 35.5. The lowest BCUT2D eigenvalue weighted by molar-refractivity contribution is -0.116. The third kappa shape index (κ3) is 6.17. The Balaban J connectivity index is 0.00000242. The van der Waals surface area contributed by atoms with Crippen molar-refractivity contribution in [2.45, 2.75) is 26.3 Å². The summed E-state index contributed by atoms with van der Waals surface area (Å²) in [6, 6.07) is 7.68. The molecule has 1 aromatic heterocycles. The van der Waals surface area contributed by atoms with E-state index in [1.807, 2.05) is 42.8 Å². The van der Waals surface area contributed by atoms with Crippen molar-refractivity contribution in [1.82, 2.24) is 20.1 Å². The molecule has 0 aliphatic carbocycles. The molecule has 1 aromatic carbocycles. The SMILES string of the molecule is CCn1cnnc1-c1cccc(NC(=O)CCCNC)c1.Cl.Cl. The minimum atomic E-state index is 0. The molecule has 2 N–H and O–H groups in total. The zero-order chi connectivity index (χ0) is 15.1. The number of benzene rings is 1. The molecule has 0 saturated heterocycles. The molecule has 0 aliphatic rings. The van der Waals surface area contributed by atoms with E-state index in [2.05, 4.69) is 20.8 Å². The molecule has 0 atom stereocenters. The second-order valence-corrected chi connectivity index (χ2v) is 4.78. The van der Waals surface area contributed by atoms with Gasteiger partial charge in [0, 0.05) is 24.2 Å². The highest BCUT2D eigenvalue weighted by Gasteiger charge is 2.08. The van der Waals surface area contributed by atoms with Gasteiger partial charge in [0.15, 0.2) is 5.82 Å². The van der Waals surface area contributed by atoms with Gasteiger partial charge in [-0.3, -0.25) is 4.79 Å². The van der Waals surface area contributed by atoms with Crippen molar-refractivity contribution >= 4 is 36.4 Å². The molecule has 0 fully saturated rings. The zero-order valence-corrected chi connectivity index (χ0v) is 14.9. The van der Waals surface area contributed by atoms with Crippen LogP contribution >= 0.6 is 24.8 Å². The van der Waals surface area contributed by atoms with Crippen molar-refractivity contribution in [3.05, 3.63) is 30.6 Å². The molecule has 0 bridgehead atoms. The van der Waals surface area contributed by atoms with E-state index in [4.69, 9.17) is 0 Å². The van der Waals surface area contributed by atoms with E-state index < -0.39 is 0 Å². The van der Waals surface area contributed by atoms with Crippen molar-refractivity contribution in [2.24, 2.45) is 0 Å². The van der Waals surface area contributed by atoms with Crippen molar-refractivity contribution in [3.8, 4) is 11.4 Å². The number of carbonyl (C=O) groups is 1. The Kier molecular flexibility index (Phi) is 10.2. The Morgan fingerprint density at radius 1 is 1.30 bits per heavy atom. The fourth-order valence-corrected chi connectivity index (χ4v) is 2.10. The summed E-state index contributed by atoms with van der Waals surface area (Å²) >= 11 is 0. The van der Waals surface area contributed by atoms with Gasteiger partial charge in [-0.05, 0) is 39.1 Å². The molecule has 1 heterocycles. The minimum absolute atomic E-state index is 0. The van der Waals surface area contributed by atoms with Crippen molar-refractivity contribution < 1.29 is 4.79 Å². The fourth-order valence-electron chi connectivity index (χ4n) is 2.10. The zero-order valence-electron chi connectivity index (χ0n) is 13.3. The van der Waals surface area contributed by atoms with Crippen LogP contribution in [0.3, 0.4) is 0 Å². The first kappa shape index (κ1) is 21.4. The molecule has 0 radical (unpaired) electrons. The maximum atomic E-state index is 11.8. The normalized spacial score (nSPS) is 9.65. The molecule has 0 aliphatic heterocycles. The van der Waals surface area contributed by atoms with Crippen molar-refractivity contribution in [3.63, 3.8) is 0 Å². The largest absolute Gasteiger partial charge is 0.326 e. The number of rotatable bonds is 7. The third-order valence-corrected chi connectivity index (χ3v) is 3.19. The van der Waals surface area contributed by atoms with Gasteiger partial charge in [0.2, 0.25) is 5.91 Å². The number of amides is 1. The Morgan fingerprint density at radius 2 is 2.09 bits per heavy atom. The summed E-state index contributed by atoms with van der Waals surface area (Å²) in [6.45, 7) is 3.69. The van der Waals surface area contributed by atoms with Crippen LogP contribution in [0.15, 0.2) is 30.6 Å². The van der Waals surface area contributed by atoms with E-state index >= 15 is 0 Å². The highest BCUT2D eigenvalue weighted by molar-refractivity contribution is 5.91. The number of nitrogens with one attached hydrogen (secondary N) is 2. The maximum absolute atomic E-state index is 11.8. The summed E-state index contributed by atoms with van der Waals surface area (Å²) in [5, 5.41) is 14.0. The minimum Gasteiger partial charge on any atom is -0.326 e. The van der Waals surface area contributed by atoms with Gasteiger partial charge in [0.1, 0.15) is 6.33 Å². The highest BCUT2D eigenvalue weighted by Crippen LogP contribution is 2.20. The van der Waals surface area contributed by atoms with Crippen LogP contribution in [0.25, 0.3) is 11.4 Å². The Bertz CT molecular complexity index is 603. The van der Waals surface area contributed by atoms with Gasteiger partial charge in [0.25, 0.3) is 0 Å². The van der Waals surface area contributed by atoms with Crippen LogP contribution in [-0.2, 0) is 11.3 Å². The van der Waals surface area contributed by atoms with Crippen molar-refractivity contribution in [2.75, 3.05) is 18.9 Å². The molecule has 8 heteroatoms. The predicted molar refractivity (Wildman–Crippen MR) is 97.4 cm³/mol. The third-order valence-electron chi connectivity index (χ3n) is 3.19. The molecule has 0 unspecified atom stereocenters. The van der Waals surface area contributed by atoms with Gasteiger partial charge in [-0.2, -0.15) is 0 Å². The molecule has 1 amide bonds. The van der Waals surface area contributed by atoms with Crippen LogP contribution in [0.5, 0.6) is 0 Å². The van der Waals surface area contributed by atoms with Crippen LogP contribution in [0.1, 0.15) is 19.8 Å². The number of hydrogen-bond acceptors (Lipinski definition) is 4. The lowest BCUT2D eigenvalue weighted by atomic mass is 10.2. The summed E-state index contributed by atoms with van der Waals surface area (Å²) in [7, 11) is 1.88. The quantitative estimate of drug-likeness (QED) is 0.745. The average Bonchev–Trinajstić information content (AvgIpc) is 2.96. The fraction of sp³-hybridized carbons (Fsp3) is 0.400. The van der Waals surface area contributed by atoms with Crippen LogP contribution in [0, 0.1) is 0 Å². The number of nitrogens with zero attached hydrogens (tertiary/aromatic N) is 3. The topological polar surface area (TPSA) is 71.8 Å². The smallest absolute Gasteiger partial charge is 0.224 e. The van der Waals surface area contributed by atoms with E-state index in [0.717, 1.165) is 36.6 Å². The molecule has 0 saturated carbocycles. The Morgan fingerprint density at radius 3 is 2.78 bits per heavy atom. The van der Waals surface area contributed by atoms with E-state index in [-0.39, 0.29) is 30.7 Å². The first-order chi connectivity index (χ1) is 10.2. The van der Waals surface area contributed by atoms with Gasteiger partial charge >= 0.3 is 0 Å². The Hall–Kier alpha value is -1.63. The van der Waals surface area contributed by atoms with Crippen LogP contribution < -0.4 is 10.6 Å². The number of anilines is 1. The second-order valence-electron chi connectivity index (χ2n) is 4.78. The van der Waals surface area contributed by atoms with Crippen LogP contribution in [-0.4, -0.2) is 34.3 Å². The summed E-state index contributed by atoms with van der Waals surface area (Å²) in [5.41, 5.74) is 1.73. The number of aromatic nitrogens is 3. The molecular weight excluding hydrogens is 337 g/mol. The monoisotopic (exact) mass is 359 g/mol. The lowest BCUT2D eigenvalue weighted by Crippen LogP contribution is -2.15. The first-order valence-electron chi connectivity index (χ1n) is 7.17. The molecule has 128 valence electrons. The number of halogens is 2. The number of aryl methyl sites for hydroxylation is 1.